The third-order valence-corrected chi connectivity index (χ3v) is 5.17. The van der Waals surface area contributed by atoms with Crippen molar-refractivity contribution in [2.45, 2.75) is 38.1 Å². The van der Waals surface area contributed by atoms with Gasteiger partial charge in [0.25, 0.3) is 0 Å². The van der Waals surface area contributed by atoms with Crippen molar-refractivity contribution in [2.75, 3.05) is 26.7 Å². The molecule has 3 rings (SSSR count). The number of ether oxygens (including phenoxy) is 1. The standard InChI is InChI=1S/C22H28N2O4/c1-27-18-11-9-17(10-12-18)20(25)6-4-8-22(26)23-16-19(21-7-5-15-28-21)24-13-2-3-14-24/h5,7,9-12,15,19H,2-4,6,8,13-14,16H2,1H3,(H,23,26). The van der Waals surface area contributed by atoms with E-state index in [9.17, 15) is 9.59 Å². The molecule has 150 valence electrons. The van der Waals surface area contributed by atoms with Crippen molar-refractivity contribution in [1.29, 1.82) is 0 Å². The number of amides is 1. The zero-order valence-electron chi connectivity index (χ0n) is 16.4. The maximum atomic E-state index is 12.2. The maximum absolute atomic E-state index is 12.2. The van der Waals surface area contributed by atoms with Crippen LogP contribution in [-0.4, -0.2) is 43.3 Å². The summed E-state index contributed by atoms with van der Waals surface area (Å²) in [5, 5.41) is 3.01. The molecule has 0 aliphatic carbocycles. The molecule has 1 aliphatic heterocycles. The van der Waals surface area contributed by atoms with Crippen LogP contribution in [0.4, 0.5) is 0 Å². The van der Waals surface area contributed by atoms with Crippen molar-refractivity contribution in [3.63, 3.8) is 0 Å². The number of carbonyl (C=O) groups excluding carboxylic acids is 2. The average Bonchev–Trinajstić information content (AvgIpc) is 3.43. The molecule has 6 heteroatoms. The molecule has 1 atom stereocenters. The van der Waals surface area contributed by atoms with Crippen molar-refractivity contribution < 1.29 is 18.7 Å². The fourth-order valence-electron chi connectivity index (χ4n) is 3.57. The molecule has 6 nitrogen and oxygen atoms in total. The van der Waals surface area contributed by atoms with Crippen LogP contribution in [0, 0.1) is 0 Å². The van der Waals surface area contributed by atoms with E-state index in [1.165, 1.54) is 12.8 Å². The predicted octanol–water partition coefficient (Wildman–Crippen LogP) is 3.59. The number of nitrogens with one attached hydrogen (secondary N) is 1. The molecular weight excluding hydrogens is 356 g/mol. The summed E-state index contributed by atoms with van der Waals surface area (Å²) in [7, 11) is 1.59. The zero-order chi connectivity index (χ0) is 19.8. The highest BCUT2D eigenvalue weighted by Crippen LogP contribution is 2.25. The normalized spacial score (nSPS) is 15.3. The van der Waals surface area contributed by atoms with E-state index >= 15 is 0 Å². The number of hydrogen-bond donors (Lipinski definition) is 1. The molecule has 1 unspecified atom stereocenters. The molecule has 1 fully saturated rings. The molecule has 0 bridgehead atoms. The number of likely N-dealkylation sites (tertiary alicyclic amines) is 1. The van der Waals surface area contributed by atoms with Crippen molar-refractivity contribution in [2.24, 2.45) is 0 Å². The number of methoxy groups -OCH3 is 1. The van der Waals surface area contributed by atoms with Crippen molar-refractivity contribution in [3.05, 3.63) is 54.0 Å². The van der Waals surface area contributed by atoms with Crippen LogP contribution in [0.3, 0.4) is 0 Å². The summed E-state index contributed by atoms with van der Waals surface area (Å²) < 4.78 is 10.7. The molecule has 1 aliphatic rings. The minimum atomic E-state index is -0.0294. The fraction of sp³-hybridized carbons (Fsp3) is 0.455. The lowest BCUT2D eigenvalue weighted by atomic mass is 10.1. The number of hydrogen-bond acceptors (Lipinski definition) is 5. The number of furan rings is 1. The van der Waals surface area contributed by atoms with Gasteiger partial charge in [0, 0.05) is 24.9 Å². The number of ketones is 1. The molecule has 1 aromatic carbocycles. The first-order chi connectivity index (χ1) is 13.7. The van der Waals surface area contributed by atoms with Gasteiger partial charge in [0.2, 0.25) is 5.91 Å². The summed E-state index contributed by atoms with van der Waals surface area (Å²) in [6.45, 7) is 2.58. The van der Waals surface area contributed by atoms with Gasteiger partial charge in [0.05, 0.1) is 19.4 Å². The Morgan fingerprint density at radius 2 is 1.89 bits per heavy atom. The number of carbonyl (C=O) groups is 2. The topological polar surface area (TPSA) is 71.8 Å². The van der Waals surface area contributed by atoms with Gasteiger partial charge in [-0.2, -0.15) is 0 Å². The summed E-state index contributed by atoms with van der Waals surface area (Å²) >= 11 is 0. The first-order valence-corrected chi connectivity index (χ1v) is 9.89. The van der Waals surface area contributed by atoms with E-state index in [-0.39, 0.29) is 17.7 Å². The first-order valence-electron chi connectivity index (χ1n) is 9.89. The van der Waals surface area contributed by atoms with Crippen molar-refractivity contribution >= 4 is 11.7 Å². The van der Waals surface area contributed by atoms with E-state index in [1.54, 1.807) is 37.6 Å². The third kappa shape index (κ3) is 5.45. The number of rotatable bonds is 10. The summed E-state index contributed by atoms with van der Waals surface area (Å²) in [6, 6.07) is 11.0. The quantitative estimate of drug-likeness (QED) is 0.634. The SMILES string of the molecule is COc1ccc(C(=O)CCCC(=O)NCC(c2ccco2)N2CCCC2)cc1. The van der Waals surface area contributed by atoms with Gasteiger partial charge in [-0.05, 0) is 68.8 Å². The lowest BCUT2D eigenvalue weighted by molar-refractivity contribution is -0.121. The van der Waals surface area contributed by atoms with Crippen LogP contribution in [0.25, 0.3) is 0 Å². The van der Waals surface area contributed by atoms with Gasteiger partial charge < -0.3 is 14.5 Å². The van der Waals surface area contributed by atoms with Crippen molar-refractivity contribution in [3.8, 4) is 5.75 Å². The lowest BCUT2D eigenvalue weighted by Crippen LogP contribution is -2.36. The predicted molar refractivity (Wildman–Crippen MR) is 106 cm³/mol. The van der Waals surface area contributed by atoms with Crippen LogP contribution in [0.2, 0.25) is 0 Å². The van der Waals surface area contributed by atoms with E-state index < -0.39 is 0 Å². The molecule has 2 aromatic rings. The molecule has 28 heavy (non-hydrogen) atoms. The Labute approximate surface area is 165 Å². The molecule has 0 radical (unpaired) electrons. The van der Waals surface area contributed by atoms with E-state index in [0.29, 0.717) is 31.4 Å². The summed E-state index contributed by atoms with van der Waals surface area (Å²) in [5.74, 6) is 1.62. The monoisotopic (exact) mass is 384 g/mol. The van der Waals surface area contributed by atoms with Crippen molar-refractivity contribution in [1.82, 2.24) is 10.2 Å². The van der Waals surface area contributed by atoms with Crippen LogP contribution in [0.15, 0.2) is 47.1 Å². The summed E-state index contributed by atoms with van der Waals surface area (Å²) in [4.78, 5) is 26.8. The Kier molecular flexibility index (Phi) is 7.25. The molecule has 1 N–H and O–H groups in total. The Bertz CT molecular complexity index is 749. The Hall–Kier alpha value is -2.60. The van der Waals surface area contributed by atoms with E-state index in [2.05, 4.69) is 10.2 Å². The Morgan fingerprint density at radius 1 is 1.14 bits per heavy atom. The highest BCUT2D eigenvalue weighted by Gasteiger charge is 2.25. The third-order valence-electron chi connectivity index (χ3n) is 5.17. The Balaban J connectivity index is 1.42. The largest absolute Gasteiger partial charge is 0.497 e. The highest BCUT2D eigenvalue weighted by atomic mass is 16.5. The number of benzene rings is 1. The second kappa shape index (κ2) is 10.1. The smallest absolute Gasteiger partial charge is 0.220 e. The second-order valence-corrected chi connectivity index (χ2v) is 7.08. The van der Waals surface area contributed by atoms with Crippen LogP contribution < -0.4 is 10.1 Å². The van der Waals surface area contributed by atoms with Gasteiger partial charge in [0.15, 0.2) is 5.78 Å². The number of Topliss-reactive ketones (excluding diaryl/α,β-unsaturated/α-hetero) is 1. The minimum Gasteiger partial charge on any atom is -0.497 e. The molecular formula is C22H28N2O4. The second-order valence-electron chi connectivity index (χ2n) is 7.08. The molecule has 1 saturated heterocycles. The summed E-state index contributed by atoms with van der Waals surface area (Å²) in [6.07, 6.45) is 5.26. The molecule has 1 aromatic heterocycles. The van der Waals surface area contributed by atoms with Crippen LogP contribution in [0.1, 0.15) is 54.3 Å². The van der Waals surface area contributed by atoms with Gasteiger partial charge >= 0.3 is 0 Å². The Morgan fingerprint density at radius 3 is 2.54 bits per heavy atom. The maximum Gasteiger partial charge on any atom is 0.220 e. The molecule has 1 amide bonds. The van der Waals surface area contributed by atoms with Gasteiger partial charge in [-0.25, -0.2) is 0 Å². The highest BCUT2D eigenvalue weighted by molar-refractivity contribution is 5.96. The van der Waals surface area contributed by atoms with Gasteiger partial charge in [0.1, 0.15) is 11.5 Å². The van der Waals surface area contributed by atoms with Gasteiger partial charge in [-0.15, -0.1) is 0 Å². The average molecular weight is 384 g/mol. The van der Waals surface area contributed by atoms with E-state index in [0.717, 1.165) is 24.6 Å². The molecule has 0 spiro atoms. The fourth-order valence-corrected chi connectivity index (χ4v) is 3.57. The number of nitrogens with zero attached hydrogens (tertiary/aromatic N) is 1. The van der Waals surface area contributed by atoms with Crippen LogP contribution >= 0.6 is 0 Å². The summed E-state index contributed by atoms with van der Waals surface area (Å²) in [5.41, 5.74) is 0.646. The lowest BCUT2D eigenvalue weighted by Gasteiger charge is -2.26. The van der Waals surface area contributed by atoms with Gasteiger partial charge in [-0.1, -0.05) is 0 Å². The van der Waals surface area contributed by atoms with E-state index in [4.69, 9.17) is 9.15 Å². The molecule has 0 saturated carbocycles. The van der Waals surface area contributed by atoms with Crippen LogP contribution in [-0.2, 0) is 4.79 Å². The molecule has 2 heterocycles. The first kappa shape index (κ1) is 20.1. The zero-order valence-corrected chi connectivity index (χ0v) is 16.4. The van der Waals surface area contributed by atoms with Gasteiger partial charge in [-0.3, -0.25) is 14.5 Å². The minimum absolute atomic E-state index is 0.0294. The van der Waals surface area contributed by atoms with Crippen LogP contribution in [0.5, 0.6) is 5.75 Å². The van der Waals surface area contributed by atoms with E-state index in [1.807, 2.05) is 12.1 Å².